The first-order valence-electron chi connectivity index (χ1n) is 7.57. The lowest BCUT2D eigenvalue weighted by Crippen LogP contribution is -2.45. The molecule has 1 saturated carbocycles. The minimum atomic E-state index is -0.0463. The molecule has 0 spiro atoms. The molecule has 21 heavy (non-hydrogen) atoms. The van der Waals surface area contributed by atoms with Gasteiger partial charge in [0.1, 0.15) is 5.75 Å². The van der Waals surface area contributed by atoms with Gasteiger partial charge in [-0.15, -0.1) is 0 Å². The Labute approximate surface area is 127 Å². The van der Waals surface area contributed by atoms with Crippen LogP contribution in [0.5, 0.6) is 5.75 Å². The number of nitrogens with zero attached hydrogens (tertiary/aromatic N) is 1. The molecule has 0 radical (unpaired) electrons. The zero-order valence-corrected chi connectivity index (χ0v) is 13.5. The van der Waals surface area contributed by atoms with Gasteiger partial charge in [-0.25, -0.2) is 0 Å². The molecule has 0 heterocycles. The summed E-state index contributed by atoms with van der Waals surface area (Å²) < 4.78 is 5.39. The Morgan fingerprint density at radius 1 is 1.33 bits per heavy atom. The fraction of sp³-hybridized carbons (Fsp3) is 0.588. The van der Waals surface area contributed by atoms with E-state index >= 15 is 0 Å². The maximum atomic E-state index is 12.5. The van der Waals surface area contributed by atoms with Crippen molar-refractivity contribution in [3.8, 4) is 5.75 Å². The Morgan fingerprint density at radius 2 is 2.00 bits per heavy atom. The summed E-state index contributed by atoms with van der Waals surface area (Å²) >= 11 is 0. The van der Waals surface area contributed by atoms with Crippen molar-refractivity contribution in [2.75, 3.05) is 13.7 Å². The van der Waals surface area contributed by atoms with E-state index in [0.29, 0.717) is 19.1 Å². The van der Waals surface area contributed by atoms with Gasteiger partial charge in [-0.05, 0) is 39.7 Å². The summed E-state index contributed by atoms with van der Waals surface area (Å²) in [5, 5.41) is 3.28. The largest absolute Gasteiger partial charge is 0.496 e. The van der Waals surface area contributed by atoms with Gasteiger partial charge in [0.15, 0.2) is 0 Å². The summed E-state index contributed by atoms with van der Waals surface area (Å²) in [4.78, 5) is 14.5. The second-order valence-electron chi connectivity index (χ2n) is 6.67. The van der Waals surface area contributed by atoms with Gasteiger partial charge >= 0.3 is 0 Å². The van der Waals surface area contributed by atoms with E-state index in [1.54, 1.807) is 7.11 Å². The van der Waals surface area contributed by atoms with Crippen molar-refractivity contribution in [2.45, 2.75) is 51.7 Å². The molecule has 0 aliphatic heterocycles. The molecule has 1 aromatic carbocycles. The van der Waals surface area contributed by atoms with Crippen molar-refractivity contribution in [2.24, 2.45) is 0 Å². The van der Waals surface area contributed by atoms with Crippen molar-refractivity contribution in [3.05, 3.63) is 29.8 Å². The first-order valence-corrected chi connectivity index (χ1v) is 7.57. The van der Waals surface area contributed by atoms with Crippen LogP contribution >= 0.6 is 0 Å². The summed E-state index contributed by atoms with van der Waals surface area (Å²) in [6, 6.07) is 8.30. The normalized spacial score (nSPS) is 14.9. The molecule has 4 heteroatoms. The second kappa shape index (κ2) is 6.48. The van der Waals surface area contributed by atoms with E-state index in [1.165, 1.54) is 0 Å². The predicted octanol–water partition coefficient (Wildman–Crippen LogP) is 2.57. The smallest absolute Gasteiger partial charge is 0.237 e. The fourth-order valence-electron chi connectivity index (χ4n) is 2.27. The van der Waals surface area contributed by atoms with E-state index in [1.807, 2.05) is 29.2 Å². The van der Waals surface area contributed by atoms with Crippen LogP contribution in [0.1, 0.15) is 39.2 Å². The third kappa shape index (κ3) is 4.74. The van der Waals surface area contributed by atoms with Gasteiger partial charge in [-0.1, -0.05) is 18.2 Å². The predicted molar refractivity (Wildman–Crippen MR) is 84.3 cm³/mol. The average molecular weight is 290 g/mol. The lowest BCUT2D eigenvalue weighted by molar-refractivity contribution is -0.131. The molecule has 0 bridgehead atoms. The molecule has 1 fully saturated rings. The maximum Gasteiger partial charge on any atom is 0.237 e. The van der Waals surface area contributed by atoms with Gasteiger partial charge in [0.25, 0.3) is 0 Å². The van der Waals surface area contributed by atoms with Crippen LogP contribution < -0.4 is 10.1 Å². The minimum Gasteiger partial charge on any atom is -0.496 e. The molecular formula is C17H26N2O2. The quantitative estimate of drug-likeness (QED) is 0.875. The van der Waals surface area contributed by atoms with Crippen molar-refractivity contribution in [1.29, 1.82) is 0 Å². The van der Waals surface area contributed by atoms with Crippen molar-refractivity contribution >= 4 is 5.91 Å². The van der Waals surface area contributed by atoms with E-state index < -0.39 is 0 Å². The highest BCUT2D eigenvalue weighted by Gasteiger charge is 2.33. The van der Waals surface area contributed by atoms with Crippen LogP contribution in [0.2, 0.25) is 0 Å². The SMILES string of the molecule is COc1ccccc1CN(C(=O)CNC(C)(C)C)C1CC1. The third-order valence-corrected chi connectivity index (χ3v) is 3.61. The molecule has 1 N–H and O–H groups in total. The molecule has 0 saturated heterocycles. The Kier molecular flexibility index (Phi) is 4.88. The van der Waals surface area contributed by atoms with Crippen molar-refractivity contribution < 1.29 is 9.53 Å². The Balaban J connectivity index is 2.04. The number of benzene rings is 1. The van der Waals surface area contributed by atoms with Gasteiger partial charge < -0.3 is 15.0 Å². The Hall–Kier alpha value is -1.55. The lowest BCUT2D eigenvalue weighted by atomic mass is 10.1. The molecule has 1 aliphatic carbocycles. The highest BCUT2D eigenvalue weighted by atomic mass is 16.5. The number of methoxy groups -OCH3 is 1. The fourth-order valence-corrected chi connectivity index (χ4v) is 2.27. The second-order valence-corrected chi connectivity index (χ2v) is 6.67. The summed E-state index contributed by atoms with van der Waals surface area (Å²) in [6.45, 7) is 7.22. The van der Waals surface area contributed by atoms with Crippen molar-refractivity contribution in [1.82, 2.24) is 10.2 Å². The van der Waals surface area contributed by atoms with Gasteiger partial charge in [0, 0.05) is 23.7 Å². The number of hydrogen-bond acceptors (Lipinski definition) is 3. The van der Waals surface area contributed by atoms with Gasteiger partial charge in [0.05, 0.1) is 13.7 Å². The Bertz CT molecular complexity index is 490. The van der Waals surface area contributed by atoms with Crippen LogP contribution in [-0.4, -0.2) is 36.0 Å². The molecule has 0 aromatic heterocycles. The molecule has 1 aromatic rings. The summed E-state index contributed by atoms with van der Waals surface area (Å²) in [5.74, 6) is 1.01. The topological polar surface area (TPSA) is 41.6 Å². The summed E-state index contributed by atoms with van der Waals surface area (Å²) in [5.41, 5.74) is 1.02. The summed E-state index contributed by atoms with van der Waals surface area (Å²) in [6.07, 6.45) is 2.22. The molecule has 0 unspecified atom stereocenters. The van der Waals surface area contributed by atoms with Gasteiger partial charge in [0.2, 0.25) is 5.91 Å². The molecule has 116 valence electrons. The number of nitrogens with one attached hydrogen (secondary N) is 1. The number of rotatable bonds is 6. The molecule has 1 amide bonds. The number of ether oxygens (including phenoxy) is 1. The first-order chi connectivity index (χ1) is 9.90. The van der Waals surface area contributed by atoms with Crippen LogP contribution in [0.3, 0.4) is 0 Å². The number of para-hydroxylation sites is 1. The van der Waals surface area contributed by atoms with Gasteiger partial charge in [-0.3, -0.25) is 4.79 Å². The number of hydrogen-bond donors (Lipinski definition) is 1. The van der Waals surface area contributed by atoms with E-state index in [-0.39, 0.29) is 11.4 Å². The minimum absolute atomic E-state index is 0.0463. The molecular weight excluding hydrogens is 264 g/mol. The zero-order chi connectivity index (χ0) is 15.5. The zero-order valence-electron chi connectivity index (χ0n) is 13.5. The van der Waals surface area contributed by atoms with Crippen LogP contribution in [0.4, 0.5) is 0 Å². The highest BCUT2D eigenvalue weighted by Crippen LogP contribution is 2.30. The van der Waals surface area contributed by atoms with Crippen LogP contribution in [-0.2, 0) is 11.3 Å². The number of amides is 1. The van der Waals surface area contributed by atoms with Crippen LogP contribution in [0.25, 0.3) is 0 Å². The number of carbonyl (C=O) groups is 1. The summed E-state index contributed by atoms with van der Waals surface area (Å²) in [7, 11) is 1.67. The number of carbonyl (C=O) groups excluding carboxylic acids is 1. The average Bonchev–Trinajstić information content (AvgIpc) is 3.26. The van der Waals surface area contributed by atoms with Crippen LogP contribution in [0.15, 0.2) is 24.3 Å². The standard InChI is InChI=1S/C17H26N2O2/c1-17(2,3)18-11-16(20)19(14-9-10-14)12-13-7-5-6-8-15(13)21-4/h5-8,14,18H,9-12H2,1-4H3. The van der Waals surface area contributed by atoms with E-state index in [4.69, 9.17) is 4.74 Å². The van der Waals surface area contributed by atoms with E-state index in [2.05, 4.69) is 26.1 Å². The lowest BCUT2D eigenvalue weighted by Gasteiger charge is -2.26. The van der Waals surface area contributed by atoms with E-state index in [9.17, 15) is 4.79 Å². The third-order valence-electron chi connectivity index (χ3n) is 3.61. The first kappa shape index (κ1) is 15.8. The van der Waals surface area contributed by atoms with Gasteiger partial charge in [-0.2, -0.15) is 0 Å². The molecule has 2 rings (SSSR count). The van der Waals surface area contributed by atoms with E-state index in [0.717, 1.165) is 24.2 Å². The molecule has 1 aliphatic rings. The Morgan fingerprint density at radius 3 is 2.57 bits per heavy atom. The monoisotopic (exact) mass is 290 g/mol. The highest BCUT2D eigenvalue weighted by molar-refractivity contribution is 5.79. The van der Waals surface area contributed by atoms with Crippen LogP contribution in [0, 0.1) is 0 Å². The van der Waals surface area contributed by atoms with Crippen molar-refractivity contribution in [3.63, 3.8) is 0 Å². The molecule has 0 atom stereocenters. The molecule has 4 nitrogen and oxygen atoms in total. The maximum absolute atomic E-state index is 12.5.